The monoisotopic (exact) mass is 338 g/mol. The fourth-order valence-corrected chi connectivity index (χ4v) is 3.37. The minimum Gasteiger partial charge on any atom is -0.481 e. The van der Waals surface area contributed by atoms with Crippen LogP contribution in [-0.2, 0) is 4.79 Å². The van der Waals surface area contributed by atoms with Crippen molar-refractivity contribution in [2.24, 2.45) is 5.92 Å². The molecule has 1 aromatic carbocycles. The van der Waals surface area contributed by atoms with Crippen LogP contribution < -0.4 is 4.90 Å². The van der Waals surface area contributed by atoms with E-state index in [0.717, 1.165) is 28.0 Å². The molecule has 0 atom stereocenters. The second-order valence-corrected chi connectivity index (χ2v) is 6.32. The number of piperidine rings is 1. The van der Waals surface area contributed by atoms with Crippen LogP contribution in [0.1, 0.15) is 18.4 Å². The van der Waals surface area contributed by atoms with Gasteiger partial charge in [-0.1, -0.05) is 29.4 Å². The molecule has 3 heterocycles. The van der Waals surface area contributed by atoms with Crippen molar-refractivity contribution in [1.82, 2.24) is 15.1 Å². The van der Waals surface area contributed by atoms with Crippen LogP contribution in [0.4, 0.5) is 5.82 Å². The van der Waals surface area contributed by atoms with Crippen molar-refractivity contribution in [3.8, 4) is 11.3 Å². The number of aromatic nitrogens is 3. The molecule has 0 spiro atoms. The predicted molar refractivity (Wildman–Crippen MR) is 92.3 cm³/mol. The van der Waals surface area contributed by atoms with Gasteiger partial charge in [0.05, 0.1) is 5.92 Å². The van der Waals surface area contributed by atoms with E-state index in [0.29, 0.717) is 31.6 Å². The molecule has 1 saturated heterocycles. The first-order chi connectivity index (χ1) is 12.1. The van der Waals surface area contributed by atoms with E-state index in [9.17, 15) is 9.90 Å². The molecule has 2 aromatic heterocycles. The fraction of sp³-hybridized carbons (Fsp3) is 0.333. The zero-order valence-electron chi connectivity index (χ0n) is 13.8. The number of benzene rings is 1. The molecule has 0 radical (unpaired) electrons. The molecule has 4 rings (SSSR count). The van der Waals surface area contributed by atoms with E-state index in [1.165, 1.54) is 6.33 Å². The summed E-state index contributed by atoms with van der Waals surface area (Å²) < 4.78 is 5.43. The molecule has 7 nitrogen and oxygen atoms in total. The van der Waals surface area contributed by atoms with Crippen molar-refractivity contribution < 1.29 is 14.4 Å². The molecule has 0 aliphatic carbocycles. The van der Waals surface area contributed by atoms with Gasteiger partial charge in [0, 0.05) is 18.7 Å². The van der Waals surface area contributed by atoms with E-state index in [-0.39, 0.29) is 5.92 Å². The van der Waals surface area contributed by atoms with Crippen molar-refractivity contribution >= 4 is 22.9 Å². The average Bonchev–Trinajstić information content (AvgIpc) is 3.06. The highest BCUT2D eigenvalue weighted by atomic mass is 16.5. The fourth-order valence-electron chi connectivity index (χ4n) is 3.37. The molecule has 0 unspecified atom stereocenters. The van der Waals surface area contributed by atoms with E-state index in [2.05, 4.69) is 20.0 Å². The summed E-state index contributed by atoms with van der Waals surface area (Å²) in [5, 5.41) is 14.2. The number of anilines is 1. The van der Waals surface area contributed by atoms with Gasteiger partial charge in [-0.25, -0.2) is 4.98 Å². The zero-order chi connectivity index (χ0) is 17.4. The number of hydrogen-bond acceptors (Lipinski definition) is 6. The standard InChI is InChI=1S/C18H18N4O3/c1-11-4-2-3-5-13(11)15-14-16(19-10-20-17(14)25-21-15)22-8-6-12(7-9-22)18(23)24/h2-5,10,12H,6-9H2,1H3,(H,23,24). The van der Waals surface area contributed by atoms with E-state index < -0.39 is 5.97 Å². The molecule has 1 aliphatic rings. The summed E-state index contributed by atoms with van der Waals surface area (Å²) in [5.74, 6) is -0.252. The topological polar surface area (TPSA) is 92.4 Å². The van der Waals surface area contributed by atoms with Crippen molar-refractivity contribution in [2.75, 3.05) is 18.0 Å². The van der Waals surface area contributed by atoms with Gasteiger partial charge in [0.15, 0.2) is 0 Å². The van der Waals surface area contributed by atoms with Crippen LogP contribution in [0.5, 0.6) is 0 Å². The van der Waals surface area contributed by atoms with Crippen molar-refractivity contribution in [3.63, 3.8) is 0 Å². The molecule has 1 N–H and O–H groups in total. The van der Waals surface area contributed by atoms with Crippen LogP contribution in [0.15, 0.2) is 35.1 Å². The summed E-state index contributed by atoms with van der Waals surface area (Å²) in [7, 11) is 0. The lowest BCUT2D eigenvalue weighted by atomic mass is 9.96. The molecule has 1 fully saturated rings. The average molecular weight is 338 g/mol. The number of carboxylic acid groups (broad SMARTS) is 1. The van der Waals surface area contributed by atoms with Gasteiger partial charge in [-0.15, -0.1) is 0 Å². The summed E-state index contributed by atoms with van der Waals surface area (Å²) in [5.41, 5.74) is 3.25. The van der Waals surface area contributed by atoms with Gasteiger partial charge in [-0.3, -0.25) is 4.79 Å². The summed E-state index contributed by atoms with van der Waals surface area (Å²) in [4.78, 5) is 21.9. The highest BCUT2D eigenvalue weighted by Crippen LogP contribution is 2.35. The third-order valence-corrected chi connectivity index (χ3v) is 4.80. The quantitative estimate of drug-likeness (QED) is 0.785. The number of nitrogens with zero attached hydrogens (tertiary/aromatic N) is 4. The van der Waals surface area contributed by atoms with E-state index in [1.807, 2.05) is 31.2 Å². The molecule has 1 aliphatic heterocycles. The predicted octanol–water partition coefficient (Wildman–Crippen LogP) is 2.89. The molecule has 7 heteroatoms. The molecular weight excluding hydrogens is 320 g/mol. The number of rotatable bonds is 3. The Morgan fingerprint density at radius 3 is 2.72 bits per heavy atom. The van der Waals surface area contributed by atoms with Crippen LogP contribution >= 0.6 is 0 Å². The molecule has 3 aromatic rings. The first-order valence-corrected chi connectivity index (χ1v) is 8.29. The van der Waals surface area contributed by atoms with Gasteiger partial charge >= 0.3 is 5.97 Å². The van der Waals surface area contributed by atoms with E-state index in [4.69, 9.17) is 4.52 Å². The number of hydrogen-bond donors (Lipinski definition) is 1. The van der Waals surface area contributed by atoms with Gasteiger partial charge in [-0.05, 0) is 25.3 Å². The first-order valence-electron chi connectivity index (χ1n) is 8.29. The smallest absolute Gasteiger partial charge is 0.306 e. The maximum absolute atomic E-state index is 11.2. The lowest BCUT2D eigenvalue weighted by Gasteiger charge is -2.31. The number of carbonyl (C=O) groups is 1. The Hall–Kier alpha value is -2.96. The minimum absolute atomic E-state index is 0.285. The van der Waals surface area contributed by atoms with Gasteiger partial charge in [0.25, 0.3) is 5.71 Å². The van der Waals surface area contributed by atoms with Gasteiger partial charge < -0.3 is 14.5 Å². The van der Waals surface area contributed by atoms with Crippen LogP contribution in [0, 0.1) is 12.8 Å². The first kappa shape index (κ1) is 15.6. The Balaban J connectivity index is 1.77. The number of fused-ring (bicyclic) bond motifs is 1. The van der Waals surface area contributed by atoms with E-state index >= 15 is 0 Å². The van der Waals surface area contributed by atoms with Gasteiger partial charge in [0.1, 0.15) is 23.2 Å². The number of carboxylic acids is 1. The van der Waals surface area contributed by atoms with Crippen LogP contribution in [0.25, 0.3) is 22.4 Å². The normalized spacial score (nSPS) is 15.6. The Bertz CT molecular complexity index is 929. The molecule has 0 bridgehead atoms. The van der Waals surface area contributed by atoms with Gasteiger partial charge in [-0.2, -0.15) is 4.98 Å². The Morgan fingerprint density at radius 2 is 2.00 bits per heavy atom. The van der Waals surface area contributed by atoms with Crippen molar-refractivity contribution in [1.29, 1.82) is 0 Å². The molecule has 0 amide bonds. The summed E-state index contributed by atoms with van der Waals surface area (Å²) in [6, 6.07) is 7.97. The Kier molecular flexibility index (Phi) is 3.83. The highest BCUT2D eigenvalue weighted by molar-refractivity contribution is 5.98. The SMILES string of the molecule is Cc1ccccc1-c1noc2ncnc(N3CCC(C(=O)O)CC3)c12. The van der Waals surface area contributed by atoms with Crippen LogP contribution in [0.2, 0.25) is 0 Å². The molecule has 25 heavy (non-hydrogen) atoms. The summed E-state index contributed by atoms with van der Waals surface area (Å²) in [6.45, 7) is 3.31. The second-order valence-electron chi connectivity index (χ2n) is 6.32. The van der Waals surface area contributed by atoms with Gasteiger partial charge in [0.2, 0.25) is 0 Å². The highest BCUT2D eigenvalue weighted by Gasteiger charge is 2.28. The Labute approximate surface area is 144 Å². The third-order valence-electron chi connectivity index (χ3n) is 4.80. The summed E-state index contributed by atoms with van der Waals surface area (Å²) >= 11 is 0. The maximum Gasteiger partial charge on any atom is 0.306 e. The van der Waals surface area contributed by atoms with Crippen molar-refractivity contribution in [3.05, 3.63) is 36.2 Å². The third kappa shape index (κ3) is 2.71. The molecule has 128 valence electrons. The minimum atomic E-state index is -0.724. The zero-order valence-corrected chi connectivity index (χ0v) is 13.8. The molecular formula is C18H18N4O3. The van der Waals surface area contributed by atoms with Crippen LogP contribution in [0.3, 0.4) is 0 Å². The largest absolute Gasteiger partial charge is 0.481 e. The Morgan fingerprint density at radius 1 is 1.24 bits per heavy atom. The lowest BCUT2D eigenvalue weighted by molar-refractivity contribution is -0.142. The number of aryl methyl sites for hydroxylation is 1. The molecule has 0 saturated carbocycles. The number of aliphatic carboxylic acids is 1. The summed E-state index contributed by atoms with van der Waals surface area (Å²) in [6.07, 6.45) is 2.67. The van der Waals surface area contributed by atoms with E-state index in [1.54, 1.807) is 0 Å². The second kappa shape index (κ2) is 6.16. The maximum atomic E-state index is 11.2. The van der Waals surface area contributed by atoms with Crippen molar-refractivity contribution in [2.45, 2.75) is 19.8 Å². The lowest BCUT2D eigenvalue weighted by Crippen LogP contribution is -2.36. The van der Waals surface area contributed by atoms with Crippen LogP contribution in [-0.4, -0.2) is 39.3 Å².